The van der Waals surface area contributed by atoms with Crippen molar-refractivity contribution in [1.29, 1.82) is 0 Å². The first-order valence-corrected chi connectivity index (χ1v) is 11.2. The molecule has 6 nitrogen and oxygen atoms in total. The third-order valence-corrected chi connectivity index (χ3v) is 5.88. The predicted molar refractivity (Wildman–Crippen MR) is 117 cm³/mol. The average Bonchev–Trinajstić information content (AvgIpc) is 3.14. The molecule has 1 fully saturated rings. The zero-order valence-electron chi connectivity index (χ0n) is 17.2. The smallest absolute Gasteiger partial charge is 0.312 e. The number of hydrogen-bond acceptors (Lipinski definition) is 5. The number of anilines is 1. The molecular weight excluding hydrogens is 400 g/mol. The number of carbonyl (C=O) groups excluding carboxylic acids is 3. The van der Waals surface area contributed by atoms with Crippen LogP contribution >= 0.6 is 11.8 Å². The van der Waals surface area contributed by atoms with Gasteiger partial charge in [-0.25, -0.2) is 0 Å². The van der Waals surface area contributed by atoms with E-state index in [0.717, 1.165) is 16.9 Å². The van der Waals surface area contributed by atoms with Crippen LogP contribution in [0.3, 0.4) is 0 Å². The third kappa shape index (κ3) is 5.63. The lowest BCUT2D eigenvalue weighted by molar-refractivity contribution is -0.157. The molecule has 2 aromatic carbocycles. The van der Waals surface area contributed by atoms with Gasteiger partial charge in [0.05, 0.1) is 11.6 Å². The van der Waals surface area contributed by atoms with E-state index in [1.807, 2.05) is 54.8 Å². The summed E-state index contributed by atoms with van der Waals surface area (Å²) in [5.41, 5.74) is 1.83. The van der Waals surface area contributed by atoms with Crippen molar-refractivity contribution in [3.05, 3.63) is 60.2 Å². The number of carbonyl (C=O) groups is 3. The van der Waals surface area contributed by atoms with Crippen LogP contribution in [0.1, 0.15) is 18.9 Å². The zero-order valence-corrected chi connectivity index (χ0v) is 18.0. The number of benzene rings is 2. The second kappa shape index (κ2) is 10.3. The van der Waals surface area contributed by atoms with Crippen molar-refractivity contribution in [3.63, 3.8) is 0 Å². The first-order chi connectivity index (χ1) is 14.5. The molecule has 2 amide bonds. The summed E-state index contributed by atoms with van der Waals surface area (Å²) < 4.78 is 5.36. The minimum Gasteiger partial charge on any atom is -0.452 e. The van der Waals surface area contributed by atoms with Gasteiger partial charge in [0.2, 0.25) is 5.91 Å². The first-order valence-electron chi connectivity index (χ1n) is 9.94. The van der Waals surface area contributed by atoms with Gasteiger partial charge in [0, 0.05) is 24.4 Å². The van der Waals surface area contributed by atoms with E-state index in [-0.39, 0.29) is 12.3 Å². The highest BCUT2D eigenvalue weighted by Crippen LogP contribution is 2.25. The number of ether oxygens (including phenoxy) is 1. The standard InChI is InChI=1S/C23H26N2O4S/c1-16(22(27)24-19-10-6-7-11-20(19)30-2)29-23(28)18-14-21(26)25(15-18)13-12-17-8-4-3-5-9-17/h3-11,16,18H,12-15H2,1-2H3,(H,24,27)/t16-,18+/m0/s1. The predicted octanol–water partition coefficient (Wildman–Crippen LogP) is 3.37. The molecule has 1 saturated heterocycles. The Kier molecular flexibility index (Phi) is 7.52. The lowest BCUT2D eigenvalue weighted by Crippen LogP contribution is -2.33. The third-order valence-electron chi connectivity index (χ3n) is 5.09. The minimum atomic E-state index is -0.944. The summed E-state index contributed by atoms with van der Waals surface area (Å²) in [5, 5.41) is 2.80. The molecule has 0 bridgehead atoms. The lowest BCUT2D eigenvalue weighted by Gasteiger charge is -2.18. The quantitative estimate of drug-likeness (QED) is 0.517. The molecule has 158 valence electrons. The van der Waals surface area contributed by atoms with Crippen molar-refractivity contribution in [1.82, 2.24) is 4.90 Å². The number of nitrogens with one attached hydrogen (secondary N) is 1. The van der Waals surface area contributed by atoms with E-state index >= 15 is 0 Å². The topological polar surface area (TPSA) is 75.7 Å². The van der Waals surface area contributed by atoms with Crippen LogP contribution in [0, 0.1) is 5.92 Å². The molecule has 1 heterocycles. The molecule has 7 heteroatoms. The van der Waals surface area contributed by atoms with Gasteiger partial charge in [-0.15, -0.1) is 11.8 Å². The Morgan fingerprint density at radius 1 is 1.17 bits per heavy atom. The maximum absolute atomic E-state index is 12.5. The van der Waals surface area contributed by atoms with Crippen molar-refractivity contribution in [2.24, 2.45) is 5.92 Å². The summed E-state index contributed by atoms with van der Waals surface area (Å²) in [5.74, 6) is -1.50. The Balaban J connectivity index is 1.50. The van der Waals surface area contributed by atoms with Crippen LogP contribution in [-0.4, -0.2) is 48.1 Å². The van der Waals surface area contributed by atoms with Crippen LogP contribution in [-0.2, 0) is 25.5 Å². The first kappa shape index (κ1) is 21.9. The van der Waals surface area contributed by atoms with Crippen LogP contribution in [0.5, 0.6) is 0 Å². The Hall–Kier alpha value is -2.80. The van der Waals surface area contributed by atoms with E-state index in [9.17, 15) is 14.4 Å². The number of esters is 1. The van der Waals surface area contributed by atoms with E-state index in [4.69, 9.17) is 4.74 Å². The van der Waals surface area contributed by atoms with Crippen LogP contribution < -0.4 is 5.32 Å². The van der Waals surface area contributed by atoms with E-state index in [1.54, 1.807) is 17.9 Å². The molecule has 0 aromatic heterocycles. The van der Waals surface area contributed by atoms with Crippen molar-refractivity contribution < 1.29 is 19.1 Å². The molecule has 0 aliphatic carbocycles. The van der Waals surface area contributed by atoms with E-state index in [1.165, 1.54) is 11.8 Å². The summed E-state index contributed by atoms with van der Waals surface area (Å²) in [7, 11) is 0. The molecule has 0 saturated carbocycles. The Morgan fingerprint density at radius 3 is 2.60 bits per heavy atom. The monoisotopic (exact) mass is 426 g/mol. The van der Waals surface area contributed by atoms with E-state index in [2.05, 4.69) is 5.32 Å². The highest BCUT2D eigenvalue weighted by molar-refractivity contribution is 7.98. The molecule has 1 aliphatic rings. The normalized spacial score (nSPS) is 16.9. The molecule has 0 unspecified atom stereocenters. The number of thioether (sulfide) groups is 1. The van der Waals surface area contributed by atoms with Gasteiger partial charge < -0.3 is 15.0 Å². The number of rotatable bonds is 8. The molecule has 2 atom stereocenters. The highest BCUT2D eigenvalue weighted by atomic mass is 32.2. The number of hydrogen-bond donors (Lipinski definition) is 1. The fourth-order valence-electron chi connectivity index (χ4n) is 3.36. The molecule has 30 heavy (non-hydrogen) atoms. The number of amides is 2. The van der Waals surface area contributed by atoms with Crippen molar-refractivity contribution in [2.75, 3.05) is 24.7 Å². The fraction of sp³-hybridized carbons (Fsp3) is 0.348. The summed E-state index contributed by atoms with van der Waals surface area (Å²) >= 11 is 1.52. The Morgan fingerprint density at radius 2 is 1.87 bits per heavy atom. The van der Waals surface area contributed by atoms with Gasteiger partial charge in [0.15, 0.2) is 6.10 Å². The van der Waals surface area contributed by atoms with Gasteiger partial charge in [-0.05, 0) is 37.3 Å². The number of likely N-dealkylation sites (tertiary alicyclic amines) is 1. The van der Waals surface area contributed by atoms with Crippen LogP contribution in [0.25, 0.3) is 0 Å². The average molecular weight is 427 g/mol. The van der Waals surface area contributed by atoms with Gasteiger partial charge in [0.25, 0.3) is 5.91 Å². The molecule has 3 rings (SSSR count). The van der Waals surface area contributed by atoms with Gasteiger partial charge in [0.1, 0.15) is 0 Å². The molecule has 1 aliphatic heterocycles. The van der Waals surface area contributed by atoms with Gasteiger partial charge in [-0.2, -0.15) is 0 Å². The summed E-state index contributed by atoms with van der Waals surface area (Å²) in [6, 6.07) is 17.4. The highest BCUT2D eigenvalue weighted by Gasteiger charge is 2.36. The SMILES string of the molecule is CSc1ccccc1NC(=O)[C@H](C)OC(=O)[C@@H]1CC(=O)N(CCc2ccccc2)C1. The minimum absolute atomic E-state index is 0.0566. The summed E-state index contributed by atoms with van der Waals surface area (Å²) in [4.78, 5) is 39.9. The van der Waals surface area contributed by atoms with Crippen molar-refractivity contribution in [2.45, 2.75) is 30.8 Å². The Bertz CT molecular complexity index is 903. The van der Waals surface area contributed by atoms with Gasteiger partial charge in [-0.3, -0.25) is 14.4 Å². The van der Waals surface area contributed by atoms with Crippen molar-refractivity contribution >= 4 is 35.2 Å². The van der Waals surface area contributed by atoms with Crippen LogP contribution in [0.15, 0.2) is 59.5 Å². The largest absolute Gasteiger partial charge is 0.452 e. The van der Waals surface area contributed by atoms with Crippen molar-refractivity contribution in [3.8, 4) is 0 Å². The molecule has 2 aromatic rings. The van der Waals surface area contributed by atoms with Gasteiger partial charge >= 0.3 is 5.97 Å². The van der Waals surface area contributed by atoms with E-state index in [0.29, 0.717) is 18.8 Å². The maximum atomic E-state index is 12.5. The van der Waals surface area contributed by atoms with E-state index < -0.39 is 23.9 Å². The second-order valence-electron chi connectivity index (χ2n) is 7.25. The summed E-state index contributed by atoms with van der Waals surface area (Å²) in [6.07, 6.45) is 1.84. The number of nitrogens with zero attached hydrogens (tertiary/aromatic N) is 1. The zero-order chi connectivity index (χ0) is 21.5. The van der Waals surface area contributed by atoms with Gasteiger partial charge in [-0.1, -0.05) is 42.5 Å². The molecule has 0 radical (unpaired) electrons. The molecule has 1 N–H and O–H groups in total. The Labute approximate surface area is 181 Å². The number of para-hydroxylation sites is 1. The summed E-state index contributed by atoms with van der Waals surface area (Å²) in [6.45, 7) is 2.43. The fourth-order valence-corrected chi connectivity index (χ4v) is 3.91. The lowest BCUT2D eigenvalue weighted by atomic mass is 10.1. The second-order valence-corrected chi connectivity index (χ2v) is 8.09. The molecule has 0 spiro atoms. The van der Waals surface area contributed by atoms with Crippen LogP contribution in [0.2, 0.25) is 0 Å². The molecular formula is C23H26N2O4S. The van der Waals surface area contributed by atoms with Crippen LogP contribution in [0.4, 0.5) is 5.69 Å². The maximum Gasteiger partial charge on any atom is 0.312 e.